The highest BCUT2D eigenvalue weighted by Crippen LogP contribution is 2.59. The lowest BCUT2D eigenvalue weighted by atomic mass is 9.51. The van der Waals surface area contributed by atoms with Crippen LogP contribution < -0.4 is 27.4 Å². The van der Waals surface area contributed by atoms with E-state index in [2.05, 4.69) is 22.9 Å². The first-order valence-corrected chi connectivity index (χ1v) is 23.1. The Kier molecular flexibility index (Phi) is 14.8. The number of ketones is 1. The molecule has 0 aromatic carbocycles. The number of esters is 1. The summed E-state index contributed by atoms with van der Waals surface area (Å²) in [5.41, 5.74) is 13.1. The number of hydrogen-bond donors (Lipinski definition) is 9. The molecule has 0 amide bonds. The Morgan fingerprint density at radius 3 is 2.57 bits per heavy atom. The average Bonchev–Trinajstić information content (AvgIpc) is 3.20. The summed E-state index contributed by atoms with van der Waals surface area (Å²) in [5, 5.41) is 53.5. The lowest BCUT2D eigenvalue weighted by Gasteiger charge is -2.63. The molecule has 14 heteroatoms. The van der Waals surface area contributed by atoms with E-state index in [1.54, 1.807) is 0 Å². The van der Waals surface area contributed by atoms with E-state index in [1.807, 2.05) is 19.9 Å². The number of fused-ring (bicyclic) bond motifs is 4. The Labute approximate surface area is 345 Å². The van der Waals surface area contributed by atoms with Gasteiger partial charge in [-0.05, 0) is 121 Å². The summed E-state index contributed by atoms with van der Waals surface area (Å²) in [7, 11) is 0. The molecule has 2 saturated carbocycles. The fourth-order valence-electron chi connectivity index (χ4n) is 13.4. The summed E-state index contributed by atoms with van der Waals surface area (Å²) in [4.78, 5) is 28.5. The number of carbonyl (C=O) groups is 2. The first-order chi connectivity index (χ1) is 27.9. The molecule has 58 heavy (non-hydrogen) atoms. The minimum Gasteiger partial charge on any atom is -0.456 e. The van der Waals surface area contributed by atoms with Crippen LogP contribution in [0.1, 0.15) is 97.8 Å². The normalized spacial score (nSPS) is 46.7. The zero-order valence-corrected chi connectivity index (χ0v) is 35.3. The Morgan fingerprint density at radius 1 is 1.07 bits per heavy atom. The minimum absolute atomic E-state index is 0.00228. The summed E-state index contributed by atoms with van der Waals surface area (Å²) >= 11 is 0. The number of nitrogens with one attached hydrogen (secondary N) is 1. The molecule has 330 valence electrons. The molecule has 7 fully saturated rings. The van der Waals surface area contributed by atoms with Crippen LogP contribution in [0.4, 0.5) is 0 Å². The van der Waals surface area contributed by atoms with E-state index in [0.717, 1.165) is 70.9 Å². The average molecular weight is 820 g/mol. The number of quaternary nitrogens is 2. The number of carbonyl (C=O) groups excluding carboxylic acids is 2. The van der Waals surface area contributed by atoms with Crippen LogP contribution in [0.2, 0.25) is 0 Å². The molecule has 0 aromatic heterocycles. The van der Waals surface area contributed by atoms with Crippen molar-refractivity contribution in [2.45, 2.75) is 152 Å². The van der Waals surface area contributed by atoms with Gasteiger partial charge in [0.2, 0.25) is 0 Å². The second-order valence-electron chi connectivity index (χ2n) is 19.6. The zero-order valence-electron chi connectivity index (χ0n) is 35.3. The number of aliphatic hydroxyl groups excluding tert-OH is 4. The molecular weight excluding hydrogens is 743 g/mol. The largest absolute Gasteiger partial charge is 0.456 e. The van der Waals surface area contributed by atoms with Crippen LogP contribution in [-0.4, -0.2) is 126 Å². The maximum absolute atomic E-state index is 14.3. The van der Waals surface area contributed by atoms with Crippen molar-refractivity contribution in [2.24, 2.45) is 70.6 Å². The molecular formula is C44H77N5O9+2. The van der Waals surface area contributed by atoms with Gasteiger partial charge in [-0.2, -0.15) is 0 Å². The molecule has 14 nitrogen and oxygen atoms in total. The van der Waals surface area contributed by atoms with Gasteiger partial charge in [-0.25, -0.2) is 4.79 Å². The highest BCUT2D eigenvalue weighted by molar-refractivity contribution is 5.88. The van der Waals surface area contributed by atoms with E-state index >= 15 is 0 Å². The van der Waals surface area contributed by atoms with E-state index < -0.39 is 60.0 Å². The third kappa shape index (κ3) is 8.86. The van der Waals surface area contributed by atoms with Gasteiger partial charge in [-0.1, -0.05) is 12.5 Å². The van der Waals surface area contributed by atoms with Gasteiger partial charge in [0.25, 0.3) is 0 Å². The van der Waals surface area contributed by atoms with E-state index in [4.69, 9.17) is 25.7 Å². The van der Waals surface area contributed by atoms with E-state index in [-0.39, 0.29) is 79.2 Å². The minimum atomic E-state index is -1.12. The van der Waals surface area contributed by atoms with Crippen molar-refractivity contribution in [2.75, 3.05) is 39.4 Å². The van der Waals surface area contributed by atoms with Gasteiger partial charge in [0.05, 0.1) is 67.9 Å². The topological polar surface area (TPSA) is 240 Å². The molecule has 5 heterocycles. The smallest absolute Gasteiger partial charge is 0.339 e. The van der Waals surface area contributed by atoms with Crippen molar-refractivity contribution in [3.05, 3.63) is 11.6 Å². The molecule has 5 aliphatic heterocycles. The van der Waals surface area contributed by atoms with Gasteiger partial charge in [-0.3, -0.25) is 10.5 Å². The third-order valence-corrected chi connectivity index (χ3v) is 16.5. The number of Topliss-reactive ketones (excluding diaryl/α,β-unsaturated/α-hetero) is 1. The Balaban J connectivity index is 1.38. The summed E-state index contributed by atoms with van der Waals surface area (Å²) < 4.78 is 21.2. The summed E-state index contributed by atoms with van der Waals surface area (Å²) in [6.07, 6.45) is 5.83. The Bertz CT molecular complexity index is 1430. The molecule has 13 N–H and O–H groups in total. The predicted molar refractivity (Wildman–Crippen MR) is 215 cm³/mol. The molecule has 0 spiro atoms. The van der Waals surface area contributed by atoms with E-state index in [9.17, 15) is 30.0 Å². The number of rotatable bonds is 11. The first kappa shape index (κ1) is 44.5. The lowest BCUT2D eigenvalue weighted by molar-refractivity contribution is -0.703. The summed E-state index contributed by atoms with van der Waals surface area (Å²) in [5.74, 6) is -2.38. The van der Waals surface area contributed by atoms with Crippen LogP contribution in [0.3, 0.4) is 0 Å². The molecule has 5 saturated heterocycles. The van der Waals surface area contributed by atoms with Gasteiger partial charge in [0.15, 0.2) is 0 Å². The van der Waals surface area contributed by atoms with Crippen molar-refractivity contribution in [1.29, 1.82) is 0 Å². The fourth-order valence-corrected chi connectivity index (χ4v) is 13.4. The number of piperidine rings is 2. The second-order valence-corrected chi connectivity index (χ2v) is 19.6. The molecule has 19 atom stereocenters. The summed E-state index contributed by atoms with van der Waals surface area (Å²) in [6.45, 7) is 8.53. The van der Waals surface area contributed by atoms with Crippen molar-refractivity contribution in [3.8, 4) is 0 Å². The molecule has 2 aliphatic carbocycles. The van der Waals surface area contributed by atoms with Crippen LogP contribution in [0, 0.1) is 59.2 Å². The maximum Gasteiger partial charge on any atom is 0.339 e. The zero-order chi connectivity index (χ0) is 41.3. The van der Waals surface area contributed by atoms with Crippen molar-refractivity contribution in [1.82, 2.24) is 5.32 Å². The maximum atomic E-state index is 14.3. The molecule has 7 rings (SSSR count). The van der Waals surface area contributed by atoms with Crippen molar-refractivity contribution in [3.63, 3.8) is 0 Å². The van der Waals surface area contributed by atoms with Crippen LogP contribution in [-0.2, 0) is 23.8 Å². The van der Waals surface area contributed by atoms with Gasteiger partial charge in [0, 0.05) is 37.2 Å². The van der Waals surface area contributed by atoms with Crippen molar-refractivity contribution < 1.29 is 54.9 Å². The Hall–Kier alpha value is -1.56. The van der Waals surface area contributed by atoms with Gasteiger partial charge in [0.1, 0.15) is 30.2 Å². The van der Waals surface area contributed by atoms with Gasteiger partial charge >= 0.3 is 5.97 Å². The predicted octanol–water partition coefficient (Wildman–Crippen LogP) is -0.738. The number of allylic oxidation sites excluding steroid dienone is 1. The molecule has 7 aliphatic rings. The van der Waals surface area contributed by atoms with Gasteiger partial charge in [-0.15, -0.1) is 0 Å². The van der Waals surface area contributed by atoms with Gasteiger partial charge < -0.3 is 56.3 Å². The van der Waals surface area contributed by atoms with Crippen LogP contribution >= 0.6 is 0 Å². The number of nitrogens with two attached hydrogens (primary N) is 4. The standard InChI is InChI=1S/C44H75N5O9/c1-4-24(20-47-5-2)43(55)57-34-18-31-39(54)37-33(53)17-28(21-50)56-41(37)38-36(32(22-51)25-7-6-8-27(52)16-25)29-13-14-48-42(46)30(29)11-10-26(44(34,3)58-40(31)38)15-23-9-12-35(45)49-19-23/h4,23,25-32,34-42,47-52,54H,5-22,45-46H2,1-3H3/p+2/t23?,25?,26-,27?,28?,29?,30?,31?,32+,34-,35?,36+,37?,38?,39?,40?,41?,42?,44-/m0/s1. The molecule has 0 radical (unpaired) electrons. The highest BCUT2D eigenvalue weighted by Gasteiger charge is 2.66. The van der Waals surface area contributed by atoms with Crippen LogP contribution in [0.5, 0.6) is 0 Å². The quantitative estimate of drug-likeness (QED) is 0.0926. The molecule has 14 unspecified atom stereocenters. The lowest BCUT2D eigenvalue weighted by Crippen LogP contribution is -2.95. The molecule has 2 bridgehead atoms. The number of likely N-dealkylation sites (N-methyl/N-ethyl adjacent to an activating group) is 1. The van der Waals surface area contributed by atoms with E-state index in [0.29, 0.717) is 37.4 Å². The second kappa shape index (κ2) is 19.2. The van der Waals surface area contributed by atoms with Crippen LogP contribution in [0.25, 0.3) is 0 Å². The summed E-state index contributed by atoms with van der Waals surface area (Å²) in [6, 6.07) is 0. The third-order valence-electron chi connectivity index (χ3n) is 16.5. The number of hydrogen-bond acceptors (Lipinski definition) is 12. The number of ether oxygens (including phenoxy) is 3. The van der Waals surface area contributed by atoms with Crippen molar-refractivity contribution >= 4 is 11.8 Å². The monoisotopic (exact) mass is 820 g/mol. The number of aliphatic hydroxyl groups is 4. The van der Waals surface area contributed by atoms with Crippen LogP contribution in [0.15, 0.2) is 11.6 Å². The highest BCUT2D eigenvalue weighted by atomic mass is 16.6. The van der Waals surface area contributed by atoms with E-state index in [1.165, 1.54) is 0 Å². The SMILES string of the molecule is CC=C(C[NH2+]CC)C(=O)O[C@H]1CC2C(O)C3C(=O)CC(CO)OC3C3C2O[C@@]1(C)[C@H](CC1CCC(N)[NH2+]C1)CCC1C(N)NCCC1[C@@H]3[C@H](CO)C1CCCC(O)C1. The Morgan fingerprint density at radius 2 is 1.88 bits per heavy atom. The fraction of sp³-hybridized carbons (Fsp3) is 0.909. The first-order valence-electron chi connectivity index (χ1n) is 23.1. The molecule has 0 aromatic rings.